The molecule has 1 aromatic rings. The summed E-state index contributed by atoms with van der Waals surface area (Å²) >= 11 is 0. The summed E-state index contributed by atoms with van der Waals surface area (Å²) in [5.41, 5.74) is 2.61. The molecule has 1 amide bonds. The second-order valence-electron chi connectivity index (χ2n) is 9.38. The first-order valence-corrected chi connectivity index (χ1v) is 12.4. The van der Waals surface area contributed by atoms with Crippen molar-refractivity contribution >= 4 is 23.6 Å². The van der Waals surface area contributed by atoms with Gasteiger partial charge in [-0.05, 0) is 68.8 Å². The number of nitrogens with one attached hydrogen (secondary N) is 3. The number of carbonyl (C=O) groups excluding carboxylic acids is 2. The third-order valence-corrected chi connectivity index (χ3v) is 6.84. The van der Waals surface area contributed by atoms with E-state index in [1.807, 2.05) is 12.1 Å². The van der Waals surface area contributed by atoms with Gasteiger partial charge in [0.25, 0.3) is 5.91 Å². The van der Waals surface area contributed by atoms with Crippen molar-refractivity contribution in [3.8, 4) is 0 Å². The van der Waals surface area contributed by atoms with E-state index in [-0.39, 0.29) is 18.1 Å². The number of hydroxylamine groups is 1. The van der Waals surface area contributed by atoms with Gasteiger partial charge in [0.15, 0.2) is 12.1 Å². The van der Waals surface area contributed by atoms with E-state index in [2.05, 4.69) is 21.1 Å². The number of amides is 1. The van der Waals surface area contributed by atoms with Gasteiger partial charge in [-0.2, -0.15) is 0 Å². The van der Waals surface area contributed by atoms with E-state index in [0.717, 1.165) is 69.9 Å². The number of anilines is 1. The zero-order chi connectivity index (χ0) is 22.9. The molecule has 3 heterocycles. The third-order valence-electron chi connectivity index (χ3n) is 6.84. The molecule has 3 N–H and O–H groups in total. The van der Waals surface area contributed by atoms with Crippen LogP contribution in [0.25, 0.3) is 6.08 Å². The summed E-state index contributed by atoms with van der Waals surface area (Å²) in [5.74, 6) is 0.811. The second-order valence-corrected chi connectivity index (χ2v) is 9.38. The van der Waals surface area contributed by atoms with E-state index in [0.29, 0.717) is 24.8 Å². The normalized spacial score (nSPS) is 26.7. The van der Waals surface area contributed by atoms with Crippen LogP contribution in [0, 0.1) is 5.92 Å². The highest BCUT2D eigenvalue weighted by atomic mass is 16.8. The van der Waals surface area contributed by atoms with Crippen LogP contribution in [0.1, 0.15) is 69.8 Å². The van der Waals surface area contributed by atoms with Crippen molar-refractivity contribution in [2.45, 2.75) is 76.0 Å². The molecule has 180 valence electrons. The number of ether oxygens (including phenoxy) is 1. The van der Waals surface area contributed by atoms with Gasteiger partial charge < -0.3 is 15.4 Å². The molecule has 8 heteroatoms. The largest absolute Gasteiger partial charge is 0.356 e. The maximum Gasteiger partial charge on any atom is 0.267 e. The fourth-order valence-electron chi connectivity index (χ4n) is 5.00. The lowest BCUT2D eigenvalue weighted by Crippen LogP contribution is -2.59. The van der Waals surface area contributed by atoms with Crippen molar-refractivity contribution in [3.63, 3.8) is 0 Å². The molecule has 2 saturated heterocycles. The van der Waals surface area contributed by atoms with Crippen LogP contribution in [-0.4, -0.2) is 48.2 Å². The Morgan fingerprint density at radius 2 is 1.97 bits per heavy atom. The maximum atomic E-state index is 13.5. The molecule has 1 unspecified atom stereocenters. The summed E-state index contributed by atoms with van der Waals surface area (Å²) in [6, 6.07) is 3.76. The Labute approximate surface area is 195 Å². The molecule has 1 aromatic heterocycles. The first kappa shape index (κ1) is 23.9. The lowest BCUT2D eigenvalue weighted by Gasteiger charge is -2.40. The van der Waals surface area contributed by atoms with Gasteiger partial charge in [0.2, 0.25) is 0 Å². The quantitative estimate of drug-likeness (QED) is 0.407. The molecule has 1 aliphatic carbocycles. The fourth-order valence-corrected chi connectivity index (χ4v) is 5.00. The molecule has 2 aliphatic heterocycles. The van der Waals surface area contributed by atoms with Gasteiger partial charge in [0.1, 0.15) is 11.4 Å². The summed E-state index contributed by atoms with van der Waals surface area (Å²) in [7, 11) is 0. The molecular formula is C25H36N4O4. The summed E-state index contributed by atoms with van der Waals surface area (Å²) < 4.78 is 5.42. The van der Waals surface area contributed by atoms with E-state index < -0.39 is 5.54 Å². The van der Waals surface area contributed by atoms with E-state index in [9.17, 15) is 9.59 Å². The molecule has 2 atom stereocenters. The minimum absolute atomic E-state index is 0.146. The number of hydrogen-bond donors (Lipinski definition) is 3. The number of nitrogens with zero attached hydrogens (tertiary/aromatic N) is 1. The van der Waals surface area contributed by atoms with E-state index in [1.165, 1.54) is 12.5 Å². The van der Waals surface area contributed by atoms with Gasteiger partial charge in [-0.3, -0.25) is 9.59 Å². The molecule has 0 aromatic carbocycles. The molecular weight excluding hydrogens is 420 g/mol. The average molecular weight is 457 g/mol. The SMILES string of the molecule is O=C(/C=C/c1ccc(N[C@]2(C(=O)C3CCCCC3)CCCNC2)nc1)NOC1CCCCO1. The molecule has 8 nitrogen and oxygen atoms in total. The predicted octanol–water partition coefficient (Wildman–Crippen LogP) is 3.35. The van der Waals surface area contributed by atoms with Crippen LogP contribution in [0.15, 0.2) is 24.4 Å². The number of ketones is 1. The second kappa shape index (κ2) is 11.7. The maximum absolute atomic E-state index is 13.5. The first-order valence-electron chi connectivity index (χ1n) is 12.4. The Bertz CT molecular complexity index is 808. The smallest absolute Gasteiger partial charge is 0.267 e. The van der Waals surface area contributed by atoms with Crippen molar-refractivity contribution < 1.29 is 19.2 Å². The number of pyridine rings is 1. The highest BCUT2D eigenvalue weighted by Crippen LogP contribution is 2.32. The Balaban J connectivity index is 1.33. The average Bonchev–Trinajstić information content (AvgIpc) is 2.88. The monoisotopic (exact) mass is 456 g/mol. The van der Waals surface area contributed by atoms with Gasteiger partial charge in [0, 0.05) is 37.8 Å². The van der Waals surface area contributed by atoms with E-state index >= 15 is 0 Å². The fraction of sp³-hybridized carbons (Fsp3) is 0.640. The highest BCUT2D eigenvalue weighted by Gasteiger charge is 2.43. The predicted molar refractivity (Wildman–Crippen MR) is 126 cm³/mol. The van der Waals surface area contributed by atoms with Crippen molar-refractivity contribution in [2.75, 3.05) is 25.0 Å². The highest BCUT2D eigenvalue weighted by molar-refractivity contribution is 5.93. The Hall–Kier alpha value is -2.29. The minimum atomic E-state index is -0.594. The topological polar surface area (TPSA) is 102 Å². The summed E-state index contributed by atoms with van der Waals surface area (Å²) in [6.45, 7) is 2.24. The minimum Gasteiger partial charge on any atom is -0.356 e. The van der Waals surface area contributed by atoms with Gasteiger partial charge >= 0.3 is 0 Å². The number of piperidine rings is 1. The van der Waals surface area contributed by atoms with Crippen LogP contribution < -0.4 is 16.1 Å². The zero-order valence-corrected chi connectivity index (χ0v) is 19.3. The standard InChI is InChI=1S/C25H36N4O4/c30-22(29-33-23-9-4-5-16-32-23)13-11-19-10-12-21(27-17-19)28-25(14-6-15-26-18-25)24(31)20-7-2-1-3-8-20/h10-13,17,20,23,26H,1-9,14-16,18H2,(H,27,28)(H,29,30)/b13-11+/t23?,25-/m1/s1. The van der Waals surface area contributed by atoms with Gasteiger partial charge in [0.05, 0.1) is 0 Å². The van der Waals surface area contributed by atoms with Crippen LogP contribution in [0.5, 0.6) is 0 Å². The molecule has 1 saturated carbocycles. The summed E-state index contributed by atoms with van der Waals surface area (Å²) in [4.78, 5) is 35.3. The lowest BCUT2D eigenvalue weighted by molar-refractivity contribution is -0.198. The molecule has 0 spiro atoms. The van der Waals surface area contributed by atoms with E-state index in [1.54, 1.807) is 12.3 Å². The Morgan fingerprint density at radius 1 is 1.12 bits per heavy atom. The number of hydrogen-bond acceptors (Lipinski definition) is 7. The molecule has 0 bridgehead atoms. The molecule has 3 aliphatic rings. The van der Waals surface area contributed by atoms with Crippen LogP contribution in [0.4, 0.5) is 5.82 Å². The Kier molecular flexibility index (Phi) is 8.47. The van der Waals surface area contributed by atoms with Crippen LogP contribution in [0.3, 0.4) is 0 Å². The third kappa shape index (κ3) is 6.62. The number of Topliss-reactive ketones (excluding diaryl/α,β-unsaturated/α-hetero) is 1. The van der Waals surface area contributed by atoms with Crippen LogP contribution in [-0.2, 0) is 19.2 Å². The molecule has 4 rings (SSSR count). The lowest BCUT2D eigenvalue weighted by atomic mass is 9.75. The Morgan fingerprint density at radius 3 is 2.67 bits per heavy atom. The van der Waals surface area contributed by atoms with Crippen molar-refractivity contribution in [1.82, 2.24) is 15.8 Å². The molecule has 3 fully saturated rings. The van der Waals surface area contributed by atoms with Gasteiger partial charge in [-0.15, -0.1) is 0 Å². The van der Waals surface area contributed by atoms with Crippen molar-refractivity contribution in [1.29, 1.82) is 0 Å². The number of rotatable bonds is 8. The summed E-state index contributed by atoms with van der Waals surface area (Å²) in [5, 5.41) is 6.89. The van der Waals surface area contributed by atoms with E-state index in [4.69, 9.17) is 9.57 Å². The van der Waals surface area contributed by atoms with Crippen LogP contribution >= 0.6 is 0 Å². The van der Waals surface area contributed by atoms with Crippen LogP contribution in [0.2, 0.25) is 0 Å². The number of carbonyl (C=O) groups is 2. The molecule has 33 heavy (non-hydrogen) atoms. The van der Waals surface area contributed by atoms with Gasteiger partial charge in [-0.1, -0.05) is 19.3 Å². The van der Waals surface area contributed by atoms with Crippen molar-refractivity contribution in [3.05, 3.63) is 30.0 Å². The zero-order valence-electron chi connectivity index (χ0n) is 19.3. The number of aromatic nitrogens is 1. The van der Waals surface area contributed by atoms with Gasteiger partial charge in [-0.25, -0.2) is 15.3 Å². The summed E-state index contributed by atoms with van der Waals surface area (Å²) in [6.07, 6.45) is 14.6. The van der Waals surface area contributed by atoms with Crippen molar-refractivity contribution in [2.24, 2.45) is 5.92 Å². The first-order chi connectivity index (χ1) is 16.1. The molecule has 0 radical (unpaired) electrons.